The molecule has 0 spiro atoms. The molecule has 0 aliphatic heterocycles. The Bertz CT molecular complexity index is 458. The van der Waals surface area contributed by atoms with Crippen molar-refractivity contribution in [3.8, 4) is 0 Å². The summed E-state index contributed by atoms with van der Waals surface area (Å²) in [4.78, 5) is 17.8. The fourth-order valence-corrected chi connectivity index (χ4v) is 2.60. The number of likely N-dealkylation sites (N-methyl/N-ethyl adjacent to an activating group) is 1. The molecule has 0 atom stereocenters. The van der Waals surface area contributed by atoms with Crippen molar-refractivity contribution in [2.24, 2.45) is 5.84 Å². The monoisotopic (exact) mass is 264 g/mol. The van der Waals surface area contributed by atoms with Crippen LogP contribution in [0.5, 0.6) is 0 Å². The van der Waals surface area contributed by atoms with E-state index in [-0.39, 0.29) is 5.91 Å². The number of nitrogens with two attached hydrogens (primary N) is 1. The Kier molecular flexibility index (Phi) is 4.01. The summed E-state index contributed by atoms with van der Waals surface area (Å²) in [6, 6.07) is 1.64. The summed E-state index contributed by atoms with van der Waals surface area (Å²) in [5.74, 6) is 5.19. The minimum absolute atomic E-state index is 0.193. The van der Waals surface area contributed by atoms with E-state index in [0.29, 0.717) is 17.8 Å². The fourth-order valence-electron chi connectivity index (χ4n) is 2.60. The highest BCUT2D eigenvalue weighted by molar-refractivity contribution is 5.99. The molecule has 1 aliphatic carbocycles. The van der Waals surface area contributed by atoms with Crippen molar-refractivity contribution >= 4 is 11.6 Å². The third-order valence-electron chi connectivity index (χ3n) is 3.62. The van der Waals surface area contributed by atoms with E-state index in [9.17, 15) is 9.90 Å². The number of amides is 1. The Morgan fingerprint density at radius 2 is 2.26 bits per heavy atom. The summed E-state index contributed by atoms with van der Waals surface area (Å²) in [7, 11) is 1.69. The van der Waals surface area contributed by atoms with Crippen LogP contribution >= 0.6 is 0 Å². The van der Waals surface area contributed by atoms with Gasteiger partial charge in [0.05, 0.1) is 16.9 Å². The molecule has 0 radical (unpaired) electrons. The minimum atomic E-state index is -0.747. The maximum absolute atomic E-state index is 12.3. The quantitative estimate of drug-likeness (QED) is 0.551. The first kappa shape index (κ1) is 13.8. The molecule has 104 valence electrons. The molecule has 4 N–H and O–H groups in total. The number of nitrogen functional groups attached to an aromatic ring is 1. The molecule has 0 aromatic carbocycles. The van der Waals surface area contributed by atoms with E-state index in [0.717, 1.165) is 25.7 Å². The van der Waals surface area contributed by atoms with Gasteiger partial charge in [-0.15, -0.1) is 0 Å². The SMILES string of the molecule is CN(CC1(O)CCCC1)C(=O)c1cnccc1NN. The van der Waals surface area contributed by atoms with Crippen LogP contribution in [-0.2, 0) is 0 Å². The van der Waals surface area contributed by atoms with Crippen molar-refractivity contribution in [2.45, 2.75) is 31.3 Å². The van der Waals surface area contributed by atoms with Crippen LogP contribution in [-0.4, -0.2) is 40.1 Å². The summed E-state index contributed by atoms with van der Waals surface area (Å²) in [5.41, 5.74) is 2.68. The van der Waals surface area contributed by atoms with Crippen molar-refractivity contribution in [1.29, 1.82) is 0 Å². The molecule has 1 fully saturated rings. The molecule has 0 unspecified atom stereocenters. The van der Waals surface area contributed by atoms with Gasteiger partial charge in [-0.3, -0.25) is 15.6 Å². The zero-order chi connectivity index (χ0) is 13.9. The van der Waals surface area contributed by atoms with E-state index in [1.165, 1.54) is 11.1 Å². The summed E-state index contributed by atoms with van der Waals surface area (Å²) in [6.07, 6.45) is 6.57. The molecule has 1 aromatic heterocycles. The molecule has 0 bridgehead atoms. The first-order valence-corrected chi connectivity index (χ1v) is 6.44. The van der Waals surface area contributed by atoms with E-state index in [1.807, 2.05) is 0 Å². The zero-order valence-electron chi connectivity index (χ0n) is 11.1. The van der Waals surface area contributed by atoms with Gasteiger partial charge in [0.15, 0.2) is 0 Å². The first-order valence-electron chi connectivity index (χ1n) is 6.44. The van der Waals surface area contributed by atoms with Gasteiger partial charge in [0.1, 0.15) is 0 Å². The number of hydrogen-bond donors (Lipinski definition) is 3. The highest BCUT2D eigenvalue weighted by atomic mass is 16.3. The number of hydrogen-bond acceptors (Lipinski definition) is 5. The summed E-state index contributed by atoms with van der Waals surface area (Å²) < 4.78 is 0. The second-order valence-electron chi connectivity index (χ2n) is 5.16. The van der Waals surface area contributed by atoms with E-state index >= 15 is 0 Å². The molecular formula is C13H20N4O2. The molecule has 1 aromatic rings. The maximum Gasteiger partial charge on any atom is 0.257 e. The Labute approximate surface area is 112 Å². The van der Waals surface area contributed by atoms with Crippen LogP contribution in [0.25, 0.3) is 0 Å². The first-order chi connectivity index (χ1) is 9.06. The lowest BCUT2D eigenvalue weighted by Crippen LogP contribution is -2.42. The smallest absolute Gasteiger partial charge is 0.257 e. The molecule has 1 amide bonds. The Morgan fingerprint density at radius 3 is 2.89 bits per heavy atom. The second kappa shape index (κ2) is 5.54. The summed E-state index contributed by atoms with van der Waals surface area (Å²) in [5, 5.41) is 10.3. The highest BCUT2D eigenvalue weighted by Gasteiger charge is 2.33. The molecular weight excluding hydrogens is 244 g/mol. The third kappa shape index (κ3) is 3.02. The van der Waals surface area contributed by atoms with Crippen LogP contribution in [0.2, 0.25) is 0 Å². The number of aromatic nitrogens is 1. The van der Waals surface area contributed by atoms with Gasteiger partial charge < -0.3 is 15.4 Å². The summed E-state index contributed by atoms with van der Waals surface area (Å²) >= 11 is 0. The predicted molar refractivity (Wildman–Crippen MR) is 72.4 cm³/mol. The van der Waals surface area contributed by atoms with Crippen molar-refractivity contribution in [2.75, 3.05) is 19.0 Å². The highest BCUT2D eigenvalue weighted by Crippen LogP contribution is 2.30. The van der Waals surface area contributed by atoms with Gasteiger partial charge in [0.25, 0.3) is 5.91 Å². The number of aliphatic hydroxyl groups is 1. The third-order valence-corrected chi connectivity index (χ3v) is 3.62. The number of pyridine rings is 1. The standard InChI is InChI=1S/C13H20N4O2/c1-17(9-13(19)5-2-3-6-13)12(18)10-8-15-7-4-11(10)16-14/h4,7-8,19H,2-3,5-6,9,14H2,1H3,(H,15,16). The topological polar surface area (TPSA) is 91.5 Å². The van der Waals surface area contributed by atoms with Crippen molar-refractivity contribution in [3.05, 3.63) is 24.0 Å². The maximum atomic E-state index is 12.3. The Morgan fingerprint density at radius 1 is 1.58 bits per heavy atom. The van der Waals surface area contributed by atoms with Gasteiger partial charge in [0, 0.05) is 26.0 Å². The van der Waals surface area contributed by atoms with Crippen molar-refractivity contribution in [3.63, 3.8) is 0 Å². The van der Waals surface area contributed by atoms with E-state index in [2.05, 4.69) is 10.4 Å². The molecule has 1 heterocycles. The van der Waals surface area contributed by atoms with Crippen LogP contribution in [0.4, 0.5) is 5.69 Å². The molecule has 19 heavy (non-hydrogen) atoms. The van der Waals surface area contributed by atoms with Gasteiger partial charge in [-0.2, -0.15) is 0 Å². The predicted octanol–water partition coefficient (Wildman–Crippen LogP) is 0.744. The average Bonchev–Trinajstić information content (AvgIpc) is 2.84. The van der Waals surface area contributed by atoms with Crippen molar-refractivity contribution in [1.82, 2.24) is 9.88 Å². The van der Waals surface area contributed by atoms with Crippen LogP contribution in [0, 0.1) is 0 Å². The molecule has 6 heteroatoms. The zero-order valence-corrected chi connectivity index (χ0v) is 11.1. The molecule has 0 saturated heterocycles. The lowest BCUT2D eigenvalue weighted by atomic mass is 10.0. The van der Waals surface area contributed by atoms with Gasteiger partial charge in [0.2, 0.25) is 0 Å². The molecule has 6 nitrogen and oxygen atoms in total. The fraction of sp³-hybridized carbons (Fsp3) is 0.538. The number of nitrogens with one attached hydrogen (secondary N) is 1. The average molecular weight is 264 g/mol. The minimum Gasteiger partial charge on any atom is -0.388 e. The Hall–Kier alpha value is -1.66. The van der Waals surface area contributed by atoms with Crippen LogP contribution in [0.1, 0.15) is 36.0 Å². The van der Waals surface area contributed by atoms with Gasteiger partial charge >= 0.3 is 0 Å². The molecule has 1 aliphatic rings. The molecule has 2 rings (SSSR count). The van der Waals surface area contributed by atoms with E-state index < -0.39 is 5.60 Å². The number of rotatable bonds is 4. The number of anilines is 1. The van der Waals surface area contributed by atoms with Gasteiger partial charge in [-0.05, 0) is 18.9 Å². The Balaban J connectivity index is 2.10. The van der Waals surface area contributed by atoms with Crippen molar-refractivity contribution < 1.29 is 9.90 Å². The van der Waals surface area contributed by atoms with Crippen LogP contribution in [0.15, 0.2) is 18.5 Å². The lowest BCUT2D eigenvalue weighted by molar-refractivity contribution is 0.0157. The lowest BCUT2D eigenvalue weighted by Gasteiger charge is -2.29. The second-order valence-corrected chi connectivity index (χ2v) is 5.16. The number of hydrazine groups is 1. The number of carbonyl (C=O) groups is 1. The van der Waals surface area contributed by atoms with Crippen LogP contribution < -0.4 is 11.3 Å². The molecule has 1 saturated carbocycles. The normalized spacial score (nSPS) is 17.2. The largest absolute Gasteiger partial charge is 0.388 e. The summed E-state index contributed by atoms with van der Waals surface area (Å²) in [6.45, 7) is 0.338. The van der Waals surface area contributed by atoms with E-state index in [1.54, 1.807) is 19.3 Å². The van der Waals surface area contributed by atoms with Gasteiger partial charge in [-0.25, -0.2) is 0 Å². The van der Waals surface area contributed by atoms with Crippen LogP contribution in [0.3, 0.4) is 0 Å². The van der Waals surface area contributed by atoms with E-state index in [4.69, 9.17) is 5.84 Å². The number of nitrogens with zero attached hydrogens (tertiary/aromatic N) is 2. The van der Waals surface area contributed by atoms with Gasteiger partial charge in [-0.1, -0.05) is 12.8 Å². The number of carbonyl (C=O) groups excluding carboxylic acids is 1.